The minimum absolute atomic E-state index is 0.279. The Morgan fingerprint density at radius 2 is 1.67 bits per heavy atom. The van der Waals surface area contributed by atoms with Crippen molar-refractivity contribution in [2.24, 2.45) is 0 Å². The van der Waals surface area contributed by atoms with Crippen LogP contribution in [0.5, 0.6) is 11.6 Å². The number of anilines is 1. The molecule has 0 aliphatic carbocycles. The molecular weight excluding hydrogens is 397 g/mol. The van der Waals surface area contributed by atoms with E-state index in [4.69, 9.17) is 4.74 Å². The smallest absolute Gasteiger partial charge is 0.416 e. The van der Waals surface area contributed by atoms with E-state index in [1.807, 2.05) is 6.07 Å². The zero-order chi connectivity index (χ0) is 21.0. The Labute approximate surface area is 169 Å². The molecule has 0 unspecified atom stereocenters. The third-order valence-corrected chi connectivity index (χ3v) is 4.18. The van der Waals surface area contributed by atoms with Crippen LogP contribution in [-0.4, -0.2) is 31.5 Å². The van der Waals surface area contributed by atoms with Gasteiger partial charge in [-0.05, 0) is 36.2 Å². The standard InChI is InChI=1S/C20H15F3N6O/c21-20(22,23)14-2-4-15(5-3-14)30-16-6-1-13(11-27-16)7-8-25-18-17-19(29-12-28-18)26-10-9-24-17/h1-6,9-12H,7-8H2,(H,25,26,28,29). The van der Waals surface area contributed by atoms with Crippen molar-refractivity contribution in [3.63, 3.8) is 0 Å². The van der Waals surface area contributed by atoms with Crippen LogP contribution in [0, 0.1) is 0 Å². The number of nitrogens with one attached hydrogen (secondary N) is 1. The van der Waals surface area contributed by atoms with Crippen LogP contribution in [0.2, 0.25) is 0 Å². The summed E-state index contributed by atoms with van der Waals surface area (Å²) in [6.07, 6.45) is 2.51. The summed E-state index contributed by atoms with van der Waals surface area (Å²) >= 11 is 0. The normalized spacial score (nSPS) is 11.4. The van der Waals surface area contributed by atoms with Crippen molar-refractivity contribution < 1.29 is 17.9 Å². The van der Waals surface area contributed by atoms with Crippen molar-refractivity contribution in [2.45, 2.75) is 12.6 Å². The zero-order valence-corrected chi connectivity index (χ0v) is 15.5. The molecule has 0 bridgehead atoms. The molecule has 30 heavy (non-hydrogen) atoms. The van der Waals surface area contributed by atoms with E-state index in [-0.39, 0.29) is 5.75 Å². The Morgan fingerprint density at radius 1 is 0.867 bits per heavy atom. The van der Waals surface area contributed by atoms with Gasteiger partial charge in [-0.1, -0.05) is 6.07 Å². The van der Waals surface area contributed by atoms with Crippen molar-refractivity contribution in [1.82, 2.24) is 24.9 Å². The quantitative estimate of drug-likeness (QED) is 0.506. The molecule has 152 valence electrons. The Kier molecular flexibility index (Phi) is 5.38. The van der Waals surface area contributed by atoms with E-state index < -0.39 is 11.7 Å². The summed E-state index contributed by atoms with van der Waals surface area (Å²) in [6.45, 7) is 0.587. The number of aromatic nitrogens is 5. The Bertz CT molecular complexity index is 1130. The molecule has 10 heteroatoms. The second-order valence-electron chi connectivity index (χ2n) is 6.26. The predicted molar refractivity (Wildman–Crippen MR) is 103 cm³/mol. The molecule has 1 aromatic carbocycles. The topological polar surface area (TPSA) is 85.7 Å². The van der Waals surface area contributed by atoms with Crippen LogP contribution in [0.3, 0.4) is 0 Å². The fraction of sp³-hybridized carbons (Fsp3) is 0.150. The molecular formula is C20H15F3N6O. The highest BCUT2D eigenvalue weighted by Crippen LogP contribution is 2.31. The molecule has 0 radical (unpaired) electrons. The molecule has 3 aromatic heterocycles. The number of pyridine rings is 1. The zero-order valence-electron chi connectivity index (χ0n) is 15.5. The van der Waals surface area contributed by atoms with E-state index >= 15 is 0 Å². The number of ether oxygens (including phenoxy) is 1. The molecule has 0 spiro atoms. The van der Waals surface area contributed by atoms with Gasteiger partial charge in [-0.15, -0.1) is 0 Å². The van der Waals surface area contributed by atoms with Gasteiger partial charge in [-0.2, -0.15) is 13.2 Å². The second-order valence-corrected chi connectivity index (χ2v) is 6.26. The van der Waals surface area contributed by atoms with Gasteiger partial charge < -0.3 is 10.1 Å². The van der Waals surface area contributed by atoms with Gasteiger partial charge in [0.25, 0.3) is 0 Å². The number of hydrogen-bond donors (Lipinski definition) is 1. The average Bonchev–Trinajstić information content (AvgIpc) is 2.75. The molecule has 3 heterocycles. The molecule has 1 N–H and O–H groups in total. The van der Waals surface area contributed by atoms with E-state index in [9.17, 15) is 13.2 Å². The number of rotatable bonds is 6. The average molecular weight is 412 g/mol. The van der Waals surface area contributed by atoms with E-state index in [2.05, 4.69) is 30.2 Å². The van der Waals surface area contributed by atoms with Crippen LogP contribution >= 0.6 is 0 Å². The van der Waals surface area contributed by atoms with E-state index in [0.717, 1.165) is 17.7 Å². The van der Waals surface area contributed by atoms with Gasteiger partial charge in [0.1, 0.15) is 17.6 Å². The summed E-state index contributed by atoms with van der Waals surface area (Å²) in [5.74, 6) is 1.17. The summed E-state index contributed by atoms with van der Waals surface area (Å²) in [6, 6.07) is 7.96. The molecule has 0 amide bonds. The molecule has 4 aromatic rings. The van der Waals surface area contributed by atoms with E-state index in [0.29, 0.717) is 35.8 Å². The third-order valence-electron chi connectivity index (χ3n) is 4.18. The maximum absolute atomic E-state index is 12.6. The second kappa shape index (κ2) is 8.27. The van der Waals surface area contributed by atoms with Crippen LogP contribution in [-0.2, 0) is 12.6 Å². The number of benzene rings is 1. The highest BCUT2D eigenvalue weighted by molar-refractivity contribution is 5.81. The van der Waals surface area contributed by atoms with Gasteiger partial charge >= 0.3 is 6.18 Å². The van der Waals surface area contributed by atoms with Crippen LogP contribution in [0.4, 0.5) is 19.0 Å². The molecule has 4 rings (SSSR count). The fourth-order valence-corrected chi connectivity index (χ4v) is 2.70. The third kappa shape index (κ3) is 4.59. The summed E-state index contributed by atoms with van der Waals surface area (Å²) in [5.41, 5.74) is 1.33. The summed E-state index contributed by atoms with van der Waals surface area (Å²) in [5, 5.41) is 3.20. The SMILES string of the molecule is FC(F)(F)c1ccc(Oc2ccc(CCNc3ncnc4nccnc34)cn2)cc1. The maximum atomic E-state index is 12.6. The lowest BCUT2D eigenvalue weighted by Gasteiger charge is -2.09. The van der Waals surface area contributed by atoms with Crippen LogP contribution in [0.25, 0.3) is 11.2 Å². The van der Waals surface area contributed by atoms with Gasteiger partial charge in [-0.25, -0.2) is 24.9 Å². The number of nitrogens with zero attached hydrogens (tertiary/aromatic N) is 5. The fourth-order valence-electron chi connectivity index (χ4n) is 2.70. The first-order chi connectivity index (χ1) is 14.5. The molecule has 0 saturated carbocycles. The maximum Gasteiger partial charge on any atom is 0.416 e. The summed E-state index contributed by atoms with van der Waals surface area (Å²) in [4.78, 5) is 20.8. The summed E-state index contributed by atoms with van der Waals surface area (Å²) in [7, 11) is 0. The van der Waals surface area contributed by atoms with E-state index in [1.54, 1.807) is 24.7 Å². The van der Waals surface area contributed by atoms with Crippen molar-refractivity contribution in [3.05, 3.63) is 72.4 Å². The Hall–Kier alpha value is -3.82. The molecule has 0 aliphatic rings. The lowest BCUT2D eigenvalue weighted by atomic mass is 10.2. The van der Waals surface area contributed by atoms with Gasteiger partial charge in [0.2, 0.25) is 5.88 Å². The molecule has 0 atom stereocenters. The first kappa shape index (κ1) is 19.5. The summed E-state index contributed by atoms with van der Waals surface area (Å²) < 4.78 is 43.3. The first-order valence-electron chi connectivity index (χ1n) is 8.95. The van der Waals surface area contributed by atoms with Gasteiger partial charge in [0.05, 0.1) is 5.56 Å². The van der Waals surface area contributed by atoms with Crippen LogP contribution in [0.1, 0.15) is 11.1 Å². The first-order valence-corrected chi connectivity index (χ1v) is 8.95. The molecule has 0 aliphatic heterocycles. The molecule has 0 fully saturated rings. The largest absolute Gasteiger partial charge is 0.439 e. The number of halogens is 3. The minimum atomic E-state index is -4.38. The number of fused-ring (bicyclic) bond motifs is 1. The highest BCUT2D eigenvalue weighted by atomic mass is 19.4. The lowest BCUT2D eigenvalue weighted by Crippen LogP contribution is -2.08. The predicted octanol–water partition coefficient (Wildman–Crippen LogP) is 4.28. The Morgan fingerprint density at radius 3 is 2.40 bits per heavy atom. The van der Waals surface area contributed by atoms with Crippen molar-refractivity contribution in [3.8, 4) is 11.6 Å². The Balaban J connectivity index is 1.33. The minimum Gasteiger partial charge on any atom is -0.439 e. The monoisotopic (exact) mass is 412 g/mol. The van der Waals surface area contributed by atoms with Gasteiger partial charge in [0, 0.05) is 31.2 Å². The van der Waals surface area contributed by atoms with Gasteiger partial charge in [0.15, 0.2) is 11.5 Å². The van der Waals surface area contributed by atoms with Crippen molar-refractivity contribution in [2.75, 3.05) is 11.9 Å². The molecule has 7 nitrogen and oxygen atoms in total. The van der Waals surface area contributed by atoms with Crippen molar-refractivity contribution in [1.29, 1.82) is 0 Å². The number of alkyl halides is 3. The lowest BCUT2D eigenvalue weighted by molar-refractivity contribution is -0.137. The number of hydrogen-bond acceptors (Lipinski definition) is 7. The van der Waals surface area contributed by atoms with Gasteiger partial charge in [-0.3, -0.25) is 0 Å². The highest BCUT2D eigenvalue weighted by Gasteiger charge is 2.30. The van der Waals surface area contributed by atoms with Crippen LogP contribution in [0.15, 0.2) is 61.3 Å². The van der Waals surface area contributed by atoms with E-state index in [1.165, 1.54) is 18.5 Å². The van der Waals surface area contributed by atoms with Crippen LogP contribution < -0.4 is 10.1 Å². The van der Waals surface area contributed by atoms with Crippen molar-refractivity contribution >= 4 is 17.0 Å². The molecule has 0 saturated heterocycles.